The fourth-order valence-corrected chi connectivity index (χ4v) is 2.71. The molecular formula is C15H21ClN2O2. The molecule has 0 aliphatic heterocycles. The highest BCUT2D eigenvalue weighted by Crippen LogP contribution is 2.31. The predicted molar refractivity (Wildman–Crippen MR) is 80.8 cm³/mol. The van der Waals surface area contributed by atoms with Crippen LogP contribution in [-0.2, 0) is 0 Å². The Labute approximate surface area is 124 Å². The van der Waals surface area contributed by atoms with Gasteiger partial charge in [-0.15, -0.1) is 0 Å². The Kier molecular flexibility index (Phi) is 4.55. The van der Waals surface area contributed by atoms with Crippen molar-refractivity contribution in [3.8, 4) is 0 Å². The molecule has 0 bridgehead atoms. The van der Waals surface area contributed by atoms with Gasteiger partial charge >= 0.3 is 0 Å². The summed E-state index contributed by atoms with van der Waals surface area (Å²) in [6.45, 7) is 2.44. The van der Waals surface area contributed by atoms with E-state index in [0.717, 1.165) is 25.7 Å². The van der Waals surface area contributed by atoms with Crippen LogP contribution < -0.4 is 11.1 Å². The molecule has 20 heavy (non-hydrogen) atoms. The maximum Gasteiger partial charge on any atom is 0.253 e. The van der Waals surface area contributed by atoms with Gasteiger partial charge in [0.1, 0.15) is 0 Å². The van der Waals surface area contributed by atoms with Gasteiger partial charge < -0.3 is 16.2 Å². The smallest absolute Gasteiger partial charge is 0.253 e. The maximum absolute atomic E-state index is 12.1. The van der Waals surface area contributed by atoms with Gasteiger partial charge in [-0.25, -0.2) is 0 Å². The average molecular weight is 297 g/mol. The Morgan fingerprint density at radius 1 is 1.50 bits per heavy atom. The first-order valence-corrected chi connectivity index (χ1v) is 7.33. The Balaban J connectivity index is 1.97. The predicted octanol–water partition coefficient (Wildman–Crippen LogP) is 2.59. The zero-order chi connectivity index (χ0) is 14.8. The highest BCUT2D eigenvalue weighted by Gasteiger charge is 2.32. The van der Waals surface area contributed by atoms with E-state index in [0.29, 0.717) is 22.2 Å². The number of hydrogen-bond donors (Lipinski definition) is 3. The first kappa shape index (κ1) is 15.1. The monoisotopic (exact) mass is 296 g/mol. The van der Waals surface area contributed by atoms with E-state index in [2.05, 4.69) is 12.2 Å². The van der Waals surface area contributed by atoms with E-state index in [1.54, 1.807) is 18.2 Å². The molecule has 0 saturated heterocycles. The molecule has 110 valence electrons. The quantitative estimate of drug-likeness (QED) is 0.751. The number of hydrogen-bond acceptors (Lipinski definition) is 3. The standard InChI is InChI=1S/C15H21ClN2O2/c1-10-4-6-15(20,7-5-10)9-18-14(19)12-8-11(16)2-3-13(12)17/h2-3,8,10,20H,4-7,9,17H2,1H3,(H,18,19). The second kappa shape index (κ2) is 6.02. The third-order valence-corrected chi connectivity index (χ3v) is 4.28. The normalized spacial score (nSPS) is 26.2. The van der Waals surface area contributed by atoms with E-state index in [9.17, 15) is 9.90 Å². The molecule has 1 saturated carbocycles. The van der Waals surface area contributed by atoms with Crippen molar-refractivity contribution >= 4 is 23.2 Å². The van der Waals surface area contributed by atoms with Crippen LogP contribution in [-0.4, -0.2) is 23.2 Å². The van der Waals surface area contributed by atoms with Gasteiger partial charge in [0, 0.05) is 17.3 Å². The lowest BCUT2D eigenvalue weighted by Crippen LogP contribution is -2.45. The maximum atomic E-state index is 12.1. The fraction of sp³-hybridized carbons (Fsp3) is 0.533. The van der Waals surface area contributed by atoms with E-state index in [1.165, 1.54) is 0 Å². The molecule has 1 aromatic rings. The minimum atomic E-state index is -0.796. The summed E-state index contributed by atoms with van der Waals surface area (Å²) in [5.74, 6) is 0.353. The van der Waals surface area contributed by atoms with Crippen molar-refractivity contribution in [2.24, 2.45) is 5.92 Å². The zero-order valence-electron chi connectivity index (χ0n) is 11.7. The van der Waals surface area contributed by atoms with Crippen LogP contribution in [0.5, 0.6) is 0 Å². The van der Waals surface area contributed by atoms with Crippen LogP contribution >= 0.6 is 11.6 Å². The summed E-state index contributed by atoms with van der Waals surface area (Å²) in [6.07, 6.45) is 3.43. The molecule has 4 nitrogen and oxygen atoms in total. The van der Waals surface area contributed by atoms with Gasteiger partial charge in [-0.2, -0.15) is 0 Å². The summed E-state index contributed by atoms with van der Waals surface area (Å²) < 4.78 is 0. The van der Waals surface area contributed by atoms with Crippen LogP contribution in [0.2, 0.25) is 5.02 Å². The van der Waals surface area contributed by atoms with Crippen molar-refractivity contribution in [1.82, 2.24) is 5.32 Å². The van der Waals surface area contributed by atoms with Gasteiger partial charge in [-0.1, -0.05) is 18.5 Å². The summed E-state index contributed by atoms with van der Waals surface area (Å²) in [4.78, 5) is 12.1. The van der Waals surface area contributed by atoms with Crippen molar-refractivity contribution in [3.05, 3.63) is 28.8 Å². The lowest BCUT2D eigenvalue weighted by Gasteiger charge is -2.35. The Morgan fingerprint density at radius 2 is 2.15 bits per heavy atom. The van der Waals surface area contributed by atoms with Crippen LogP contribution in [0.1, 0.15) is 43.0 Å². The molecule has 1 aliphatic carbocycles. The van der Waals surface area contributed by atoms with Crippen LogP contribution in [0, 0.1) is 5.92 Å². The van der Waals surface area contributed by atoms with E-state index in [1.807, 2.05) is 0 Å². The van der Waals surface area contributed by atoms with Crippen LogP contribution in [0.3, 0.4) is 0 Å². The Bertz CT molecular complexity index is 497. The van der Waals surface area contributed by atoms with Gasteiger partial charge in [0.2, 0.25) is 0 Å². The van der Waals surface area contributed by atoms with Gasteiger partial charge in [0.15, 0.2) is 0 Å². The molecule has 0 heterocycles. The van der Waals surface area contributed by atoms with Crippen LogP contribution in [0.25, 0.3) is 0 Å². The molecule has 0 spiro atoms. The van der Waals surface area contributed by atoms with E-state index >= 15 is 0 Å². The second-order valence-corrected chi connectivity index (χ2v) is 6.26. The topological polar surface area (TPSA) is 75.3 Å². The number of carbonyl (C=O) groups is 1. The molecule has 4 N–H and O–H groups in total. The van der Waals surface area contributed by atoms with E-state index in [4.69, 9.17) is 17.3 Å². The summed E-state index contributed by atoms with van der Waals surface area (Å²) in [5.41, 5.74) is 5.71. The number of anilines is 1. The van der Waals surface area contributed by atoms with Crippen molar-refractivity contribution < 1.29 is 9.90 Å². The highest BCUT2D eigenvalue weighted by molar-refractivity contribution is 6.31. The number of nitrogens with one attached hydrogen (secondary N) is 1. The number of nitrogens with two attached hydrogens (primary N) is 1. The molecule has 5 heteroatoms. The van der Waals surface area contributed by atoms with Crippen LogP contribution in [0.15, 0.2) is 18.2 Å². The fourth-order valence-electron chi connectivity index (χ4n) is 2.54. The molecule has 1 amide bonds. The molecule has 1 aromatic carbocycles. The molecular weight excluding hydrogens is 276 g/mol. The number of halogens is 1. The summed E-state index contributed by atoms with van der Waals surface area (Å²) in [6, 6.07) is 4.79. The number of nitrogen functional groups attached to an aromatic ring is 1. The number of amides is 1. The van der Waals surface area contributed by atoms with E-state index < -0.39 is 5.60 Å². The number of rotatable bonds is 3. The summed E-state index contributed by atoms with van der Waals surface area (Å²) in [5, 5.41) is 13.7. The molecule has 1 aliphatic rings. The third kappa shape index (κ3) is 3.64. The SMILES string of the molecule is CC1CCC(O)(CNC(=O)c2cc(Cl)ccc2N)CC1. The first-order chi connectivity index (χ1) is 9.39. The third-order valence-electron chi connectivity index (χ3n) is 4.04. The summed E-state index contributed by atoms with van der Waals surface area (Å²) >= 11 is 5.87. The van der Waals surface area contributed by atoms with Crippen molar-refractivity contribution in [2.75, 3.05) is 12.3 Å². The highest BCUT2D eigenvalue weighted by atomic mass is 35.5. The molecule has 2 rings (SSSR count). The molecule has 0 aromatic heterocycles. The summed E-state index contributed by atoms with van der Waals surface area (Å²) in [7, 11) is 0. The number of benzene rings is 1. The van der Waals surface area contributed by atoms with E-state index in [-0.39, 0.29) is 12.5 Å². The molecule has 1 fully saturated rings. The molecule has 0 radical (unpaired) electrons. The number of carbonyl (C=O) groups excluding carboxylic acids is 1. The largest absolute Gasteiger partial charge is 0.398 e. The molecule has 0 unspecified atom stereocenters. The molecule has 0 atom stereocenters. The van der Waals surface area contributed by atoms with Crippen molar-refractivity contribution in [2.45, 2.75) is 38.2 Å². The van der Waals surface area contributed by atoms with Gasteiger partial charge in [0.25, 0.3) is 5.91 Å². The zero-order valence-corrected chi connectivity index (χ0v) is 12.4. The van der Waals surface area contributed by atoms with Gasteiger partial charge in [-0.3, -0.25) is 4.79 Å². The van der Waals surface area contributed by atoms with Crippen molar-refractivity contribution in [3.63, 3.8) is 0 Å². The minimum Gasteiger partial charge on any atom is -0.398 e. The number of aliphatic hydroxyl groups is 1. The first-order valence-electron chi connectivity index (χ1n) is 6.95. The Hall–Kier alpha value is -1.26. The Morgan fingerprint density at radius 3 is 2.80 bits per heavy atom. The van der Waals surface area contributed by atoms with Gasteiger partial charge in [-0.05, 0) is 49.8 Å². The van der Waals surface area contributed by atoms with Gasteiger partial charge in [0.05, 0.1) is 11.2 Å². The lowest BCUT2D eigenvalue weighted by molar-refractivity contribution is -0.00539. The van der Waals surface area contributed by atoms with Crippen molar-refractivity contribution in [1.29, 1.82) is 0 Å². The minimum absolute atomic E-state index is 0.254. The average Bonchev–Trinajstić information content (AvgIpc) is 2.43. The second-order valence-electron chi connectivity index (χ2n) is 5.82. The van der Waals surface area contributed by atoms with Crippen LogP contribution in [0.4, 0.5) is 5.69 Å². The lowest BCUT2D eigenvalue weighted by atomic mass is 9.79.